The first-order valence-electron chi connectivity index (χ1n) is 2.95. The molecule has 0 bridgehead atoms. The Labute approximate surface area is 60.3 Å². The Kier molecular flexibility index (Phi) is 11.1. The zero-order valence-corrected chi connectivity index (χ0v) is 5.94. The molecule has 0 amide bonds. The van der Waals surface area contributed by atoms with E-state index in [9.17, 15) is 0 Å². The number of aliphatic hydroxyl groups excluding tert-OH is 1. The van der Waals surface area contributed by atoms with Crippen LogP contribution in [0.3, 0.4) is 0 Å². The normalized spacial score (nSPS) is 11.4. The maximum absolute atomic E-state index is 8.21. The van der Waals surface area contributed by atoms with E-state index in [1.54, 1.807) is 0 Å². The molecular weight excluding hydrogens is 137 g/mol. The van der Waals surface area contributed by atoms with Crippen molar-refractivity contribution in [3.8, 4) is 0 Å². The van der Waals surface area contributed by atoms with Crippen molar-refractivity contribution in [1.29, 1.82) is 0 Å². The summed E-state index contributed by atoms with van der Waals surface area (Å²) in [5.41, 5.74) is 5.22. The average Bonchev–Trinajstić information content (AvgIpc) is 1.85. The predicted molar refractivity (Wildman–Crippen MR) is 37.8 cm³/mol. The zero-order valence-electron chi connectivity index (χ0n) is 5.94. The van der Waals surface area contributed by atoms with E-state index in [0.29, 0.717) is 0 Å². The van der Waals surface area contributed by atoms with Crippen LogP contribution >= 0.6 is 0 Å². The van der Waals surface area contributed by atoms with Gasteiger partial charge in [0.1, 0.15) is 0 Å². The third-order valence-electron chi connectivity index (χ3n) is 0.759. The summed E-state index contributed by atoms with van der Waals surface area (Å²) >= 11 is 0. The Balaban J connectivity index is 0. The molecule has 62 valence electrons. The minimum Gasteiger partial charge on any atom is -0.402 e. The quantitative estimate of drug-likeness (QED) is 0.284. The third kappa shape index (κ3) is 24.8. The molecule has 1 atom stereocenters. The van der Waals surface area contributed by atoms with Gasteiger partial charge in [0, 0.05) is 6.04 Å². The Hall–Kier alpha value is -0.135. The molecule has 6 N–H and O–H groups in total. The first kappa shape index (κ1) is 12.5. The monoisotopic (exact) mass is 151 g/mol. The summed E-state index contributed by atoms with van der Waals surface area (Å²) in [6.45, 7) is 2.05. The molecule has 0 aliphatic carbocycles. The molecule has 0 saturated carbocycles. The van der Waals surface area contributed by atoms with Crippen molar-refractivity contribution in [2.24, 2.45) is 5.73 Å². The summed E-state index contributed by atoms with van der Waals surface area (Å²) in [6, 6.07) is -0.00926. The highest BCUT2D eigenvalue weighted by atomic mass is 16.5. The summed E-state index contributed by atoms with van der Waals surface area (Å²) in [5.74, 6) is 0. The van der Waals surface area contributed by atoms with E-state index >= 15 is 0 Å². The number of nitrogens with two attached hydrogens (primary N) is 1. The lowest BCUT2D eigenvalue weighted by molar-refractivity contribution is 0.263. The van der Waals surface area contributed by atoms with Gasteiger partial charge in [0.2, 0.25) is 0 Å². The van der Waals surface area contributed by atoms with Gasteiger partial charge >= 0.3 is 7.32 Å². The number of aliphatic hydroxyl groups is 1. The van der Waals surface area contributed by atoms with Gasteiger partial charge in [-0.25, -0.2) is 0 Å². The summed E-state index contributed by atoms with van der Waals surface area (Å²) in [7, 11) is -2.17. The molecule has 1 unspecified atom stereocenters. The second-order valence-electron chi connectivity index (χ2n) is 1.70. The highest BCUT2D eigenvalue weighted by molar-refractivity contribution is 6.30. The van der Waals surface area contributed by atoms with Gasteiger partial charge in [-0.15, -0.1) is 0 Å². The van der Waals surface area contributed by atoms with Crippen LogP contribution in [0, 0.1) is 0 Å². The highest BCUT2D eigenvalue weighted by Gasteiger charge is 1.92. The van der Waals surface area contributed by atoms with Crippen LogP contribution in [-0.4, -0.2) is 40.1 Å². The second kappa shape index (κ2) is 8.86. The standard InChI is InChI=1S/C4H11NO.BH3O3/c1-2-4(5)3-6;2-1(3)4/h4,6H,2-3,5H2,1H3;2-4H. The Morgan fingerprint density at radius 2 is 1.70 bits per heavy atom. The number of hydrogen-bond acceptors (Lipinski definition) is 5. The van der Waals surface area contributed by atoms with E-state index in [2.05, 4.69) is 0 Å². The Morgan fingerprint density at radius 3 is 1.70 bits per heavy atom. The Morgan fingerprint density at radius 1 is 1.40 bits per heavy atom. The second-order valence-corrected chi connectivity index (χ2v) is 1.70. The molecule has 0 aliphatic rings. The van der Waals surface area contributed by atoms with Gasteiger partial charge in [0.15, 0.2) is 0 Å². The topological polar surface area (TPSA) is 107 Å². The van der Waals surface area contributed by atoms with E-state index < -0.39 is 7.32 Å². The smallest absolute Gasteiger partial charge is 0.402 e. The van der Waals surface area contributed by atoms with Crippen molar-refractivity contribution in [2.75, 3.05) is 6.61 Å². The number of rotatable bonds is 2. The van der Waals surface area contributed by atoms with Gasteiger partial charge in [-0.3, -0.25) is 0 Å². The largest absolute Gasteiger partial charge is 0.631 e. The molecule has 0 rings (SSSR count). The van der Waals surface area contributed by atoms with Crippen LogP contribution in [0.4, 0.5) is 0 Å². The fourth-order valence-electron chi connectivity index (χ4n) is 0.129. The lowest BCUT2D eigenvalue weighted by Gasteiger charge is -1.98. The van der Waals surface area contributed by atoms with Crippen molar-refractivity contribution < 1.29 is 20.2 Å². The average molecular weight is 151 g/mol. The molecule has 0 aromatic heterocycles. The van der Waals surface area contributed by atoms with E-state index in [0.717, 1.165) is 6.42 Å². The summed E-state index contributed by atoms with van der Waals surface area (Å²) in [4.78, 5) is 0. The molecule has 0 spiro atoms. The maximum Gasteiger partial charge on any atom is 0.631 e. The van der Waals surface area contributed by atoms with E-state index in [4.69, 9.17) is 25.9 Å². The van der Waals surface area contributed by atoms with E-state index in [1.165, 1.54) is 0 Å². The molecule has 10 heavy (non-hydrogen) atoms. The van der Waals surface area contributed by atoms with Crippen molar-refractivity contribution >= 4 is 7.32 Å². The molecule has 0 aliphatic heterocycles. The molecular formula is C4H14BNO4. The fourth-order valence-corrected chi connectivity index (χ4v) is 0.129. The van der Waals surface area contributed by atoms with Gasteiger partial charge in [-0.1, -0.05) is 6.92 Å². The summed E-state index contributed by atoms with van der Waals surface area (Å²) in [5, 5.41) is 29.7. The van der Waals surface area contributed by atoms with Crippen molar-refractivity contribution in [1.82, 2.24) is 0 Å². The van der Waals surface area contributed by atoms with E-state index in [-0.39, 0.29) is 12.6 Å². The van der Waals surface area contributed by atoms with Gasteiger partial charge in [-0.2, -0.15) is 0 Å². The molecule has 5 nitrogen and oxygen atoms in total. The fraction of sp³-hybridized carbons (Fsp3) is 1.00. The maximum atomic E-state index is 8.21. The van der Waals surface area contributed by atoms with Crippen molar-refractivity contribution in [3.63, 3.8) is 0 Å². The predicted octanol–water partition coefficient (Wildman–Crippen LogP) is -2.34. The van der Waals surface area contributed by atoms with Crippen molar-refractivity contribution in [3.05, 3.63) is 0 Å². The summed E-state index contributed by atoms with van der Waals surface area (Å²) < 4.78 is 0. The van der Waals surface area contributed by atoms with Gasteiger partial charge in [-0.05, 0) is 6.42 Å². The van der Waals surface area contributed by atoms with Crippen LogP contribution < -0.4 is 5.73 Å². The lowest BCUT2D eigenvalue weighted by atomic mass is 10.3. The molecule has 0 heterocycles. The SMILES string of the molecule is CCC(N)CO.OB(O)O. The minimum absolute atomic E-state index is 0.00926. The first-order valence-corrected chi connectivity index (χ1v) is 2.95. The zero-order chi connectivity index (χ0) is 8.57. The molecule has 0 aromatic carbocycles. The molecule has 0 aromatic rings. The molecule has 0 saturated heterocycles. The van der Waals surface area contributed by atoms with Crippen LogP contribution in [0.25, 0.3) is 0 Å². The highest BCUT2D eigenvalue weighted by Crippen LogP contribution is 1.79. The molecule has 0 fully saturated rings. The Bertz CT molecular complexity index is 56.5. The number of hydrogen-bond donors (Lipinski definition) is 5. The first-order chi connectivity index (χ1) is 4.54. The molecule has 0 radical (unpaired) electrons. The minimum atomic E-state index is -2.17. The van der Waals surface area contributed by atoms with Crippen LogP contribution in [0.2, 0.25) is 0 Å². The molecule has 6 heteroatoms. The lowest BCUT2D eigenvalue weighted by Crippen LogP contribution is -2.22. The van der Waals surface area contributed by atoms with Gasteiger partial charge < -0.3 is 25.9 Å². The van der Waals surface area contributed by atoms with Crippen molar-refractivity contribution in [2.45, 2.75) is 19.4 Å². The van der Waals surface area contributed by atoms with Crippen LogP contribution in [0.5, 0.6) is 0 Å². The van der Waals surface area contributed by atoms with Crippen LogP contribution in [0.15, 0.2) is 0 Å². The third-order valence-corrected chi connectivity index (χ3v) is 0.759. The van der Waals surface area contributed by atoms with E-state index in [1.807, 2.05) is 6.92 Å². The van der Waals surface area contributed by atoms with Crippen LogP contribution in [0.1, 0.15) is 13.3 Å². The summed E-state index contributed by atoms with van der Waals surface area (Å²) in [6.07, 6.45) is 0.858. The van der Waals surface area contributed by atoms with Gasteiger partial charge in [0.25, 0.3) is 0 Å². The van der Waals surface area contributed by atoms with Crippen LogP contribution in [-0.2, 0) is 0 Å². The van der Waals surface area contributed by atoms with Gasteiger partial charge in [0.05, 0.1) is 6.61 Å².